The molecule has 3 heterocycles. The smallest absolute Gasteiger partial charge is 0.335 e. The van der Waals surface area contributed by atoms with Crippen LogP contribution in [0, 0.1) is 5.82 Å². The number of hydrogen-bond donors (Lipinski definition) is 2. The van der Waals surface area contributed by atoms with Crippen molar-refractivity contribution in [2.24, 2.45) is 0 Å². The number of fused-ring (bicyclic) bond motifs is 1. The summed E-state index contributed by atoms with van der Waals surface area (Å²) < 4.78 is 27.9. The molecular weight excluding hydrogens is 547 g/mol. The number of benzene rings is 1. The Morgan fingerprint density at radius 3 is 2.62 bits per heavy atom. The van der Waals surface area contributed by atoms with Gasteiger partial charge in [-0.1, -0.05) is 0 Å². The Labute approximate surface area is 220 Å². The van der Waals surface area contributed by atoms with E-state index in [2.05, 4.69) is 26.1 Å². The molecule has 3 N–H and O–H groups in total. The van der Waals surface area contributed by atoms with E-state index in [0.717, 1.165) is 22.5 Å². The first-order valence-corrected chi connectivity index (χ1v) is 12.6. The number of rotatable bonds is 8. The van der Waals surface area contributed by atoms with Crippen LogP contribution in [-0.4, -0.2) is 61.4 Å². The number of ether oxygens (including phenoxy) is 2. The third kappa shape index (κ3) is 4.72. The number of nitrogens with zero attached hydrogens (tertiary/aromatic N) is 5. The maximum Gasteiger partial charge on any atom is 0.335 e. The molecule has 0 amide bonds. The van der Waals surface area contributed by atoms with Crippen molar-refractivity contribution < 1.29 is 23.8 Å². The van der Waals surface area contributed by atoms with Crippen LogP contribution in [0.2, 0.25) is 0 Å². The van der Waals surface area contributed by atoms with Crippen molar-refractivity contribution in [3.8, 4) is 16.8 Å². The number of carboxylic acid groups (broad SMARTS) is 1. The van der Waals surface area contributed by atoms with E-state index in [1.807, 2.05) is 6.20 Å². The summed E-state index contributed by atoms with van der Waals surface area (Å²) in [5, 5.41) is 18.7. The molecule has 12 heteroatoms. The highest BCUT2D eigenvalue weighted by Crippen LogP contribution is 2.43. The van der Waals surface area contributed by atoms with Crippen molar-refractivity contribution in [3.05, 3.63) is 58.8 Å². The summed E-state index contributed by atoms with van der Waals surface area (Å²) in [6, 6.07) is 6.05. The topological polar surface area (TPSA) is 130 Å². The lowest BCUT2D eigenvalue weighted by Gasteiger charge is -2.36. The monoisotopic (exact) mass is 572 g/mol. The third-order valence-electron chi connectivity index (χ3n) is 6.87. The van der Waals surface area contributed by atoms with Gasteiger partial charge in [0.25, 0.3) is 0 Å². The van der Waals surface area contributed by atoms with Crippen LogP contribution < -0.4 is 5.73 Å². The summed E-state index contributed by atoms with van der Waals surface area (Å²) >= 11 is 3.59. The predicted octanol–water partition coefficient (Wildman–Crippen LogP) is 4.21. The maximum absolute atomic E-state index is 13.3. The molecule has 0 saturated heterocycles. The van der Waals surface area contributed by atoms with Crippen molar-refractivity contribution in [1.29, 1.82) is 0 Å². The molecule has 4 aromatic rings. The minimum atomic E-state index is -1.23. The molecule has 194 valence electrons. The number of hydrogen-bond acceptors (Lipinski definition) is 7. The van der Waals surface area contributed by atoms with E-state index in [9.17, 15) is 14.3 Å². The average molecular weight is 573 g/mol. The SMILES string of the molecule is COCCO[C@]1(C(=O)O)CC[C@@H](c2nc3c(-c4cnn(-c5ccc(F)cc5)c4)cnn3c(N)c2Br)CC1. The standard InChI is InChI=1S/C25H26BrFN6O4/c1-36-10-11-37-25(24(34)35)8-6-15(7-9-25)21-20(26)22(28)33-23(31-21)19(13-30-33)16-12-29-32(14-16)18-4-2-17(27)3-5-18/h2-5,12-15H,6-11,28H2,1H3,(H,34,35)/t15-,25-. The van der Waals surface area contributed by atoms with Gasteiger partial charge in [-0.3, -0.25) is 0 Å². The van der Waals surface area contributed by atoms with Crippen LogP contribution in [0.4, 0.5) is 10.2 Å². The third-order valence-corrected chi connectivity index (χ3v) is 7.68. The van der Waals surface area contributed by atoms with E-state index in [0.29, 0.717) is 48.2 Å². The van der Waals surface area contributed by atoms with Crippen LogP contribution in [0.5, 0.6) is 0 Å². The number of aromatic nitrogens is 5. The van der Waals surface area contributed by atoms with Gasteiger partial charge >= 0.3 is 5.97 Å². The summed E-state index contributed by atoms with van der Waals surface area (Å²) in [6.45, 7) is 0.555. The Morgan fingerprint density at radius 2 is 1.95 bits per heavy atom. The Morgan fingerprint density at radius 1 is 1.22 bits per heavy atom. The fourth-order valence-corrected chi connectivity index (χ4v) is 5.36. The molecule has 5 rings (SSSR count). The minimum absolute atomic E-state index is 0.00939. The molecule has 0 atom stereocenters. The lowest BCUT2D eigenvalue weighted by atomic mass is 9.77. The summed E-state index contributed by atoms with van der Waals surface area (Å²) in [7, 11) is 1.55. The maximum atomic E-state index is 13.3. The summed E-state index contributed by atoms with van der Waals surface area (Å²) in [4.78, 5) is 17.0. The van der Waals surface area contributed by atoms with Gasteiger partial charge in [0.05, 0.1) is 41.5 Å². The Hall–Kier alpha value is -3.35. The summed E-state index contributed by atoms with van der Waals surface area (Å²) in [6.07, 6.45) is 7.06. The Balaban J connectivity index is 1.44. The van der Waals surface area contributed by atoms with Crippen LogP contribution in [0.25, 0.3) is 22.5 Å². The van der Waals surface area contributed by atoms with Crippen LogP contribution in [0.3, 0.4) is 0 Å². The number of anilines is 1. The van der Waals surface area contributed by atoms with Crippen molar-refractivity contribution >= 4 is 33.4 Å². The lowest BCUT2D eigenvalue weighted by Crippen LogP contribution is -2.45. The van der Waals surface area contributed by atoms with E-state index in [4.69, 9.17) is 20.2 Å². The van der Waals surface area contributed by atoms with E-state index in [1.54, 1.807) is 40.8 Å². The Kier molecular flexibility index (Phi) is 6.97. The zero-order valence-corrected chi connectivity index (χ0v) is 21.7. The molecule has 0 bridgehead atoms. The number of nitrogens with two attached hydrogens (primary N) is 1. The van der Waals surface area contributed by atoms with E-state index >= 15 is 0 Å². The highest BCUT2D eigenvalue weighted by Gasteiger charge is 2.44. The van der Waals surface area contributed by atoms with Gasteiger partial charge in [-0.25, -0.2) is 18.9 Å². The van der Waals surface area contributed by atoms with Gasteiger partial charge < -0.3 is 20.3 Å². The number of nitrogen functional groups attached to an aromatic ring is 1. The number of aliphatic carboxylic acids is 1. The molecule has 0 radical (unpaired) electrons. The molecular formula is C25H26BrFN6O4. The van der Waals surface area contributed by atoms with Gasteiger partial charge in [-0.15, -0.1) is 0 Å². The predicted molar refractivity (Wildman–Crippen MR) is 137 cm³/mol. The fourth-order valence-electron chi connectivity index (χ4n) is 4.78. The number of carbonyl (C=O) groups is 1. The van der Waals surface area contributed by atoms with Crippen LogP contribution in [-0.2, 0) is 14.3 Å². The highest BCUT2D eigenvalue weighted by atomic mass is 79.9. The van der Waals surface area contributed by atoms with Gasteiger partial charge in [0, 0.05) is 30.4 Å². The largest absolute Gasteiger partial charge is 0.479 e. The molecule has 1 aliphatic rings. The molecule has 3 aromatic heterocycles. The minimum Gasteiger partial charge on any atom is -0.479 e. The first kappa shape index (κ1) is 25.3. The molecule has 0 unspecified atom stereocenters. The molecule has 0 aliphatic heterocycles. The van der Waals surface area contributed by atoms with Crippen molar-refractivity contribution in [2.75, 3.05) is 26.1 Å². The molecule has 37 heavy (non-hydrogen) atoms. The molecule has 1 aromatic carbocycles. The molecule has 1 fully saturated rings. The van der Waals surface area contributed by atoms with Crippen molar-refractivity contribution in [1.82, 2.24) is 24.4 Å². The van der Waals surface area contributed by atoms with E-state index in [-0.39, 0.29) is 18.3 Å². The van der Waals surface area contributed by atoms with Crippen LogP contribution >= 0.6 is 15.9 Å². The zero-order valence-electron chi connectivity index (χ0n) is 20.1. The van der Waals surface area contributed by atoms with E-state index < -0.39 is 11.6 Å². The van der Waals surface area contributed by atoms with Crippen molar-refractivity contribution in [2.45, 2.75) is 37.2 Å². The second-order valence-corrected chi connectivity index (χ2v) is 9.85. The van der Waals surface area contributed by atoms with Gasteiger partial charge in [0.2, 0.25) is 0 Å². The quantitative estimate of drug-likeness (QED) is 0.300. The first-order valence-electron chi connectivity index (χ1n) is 11.8. The number of carboxylic acids is 1. The van der Waals surface area contributed by atoms with E-state index in [1.165, 1.54) is 12.1 Å². The highest BCUT2D eigenvalue weighted by molar-refractivity contribution is 9.10. The van der Waals surface area contributed by atoms with Crippen molar-refractivity contribution in [3.63, 3.8) is 0 Å². The van der Waals surface area contributed by atoms with Gasteiger partial charge in [0.1, 0.15) is 11.6 Å². The molecule has 1 aliphatic carbocycles. The Bertz CT molecular complexity index is 1430. The number of halogens is 2. The first-order chi connectivity index (χ1) is 17.8. The van der Waals surface area contributed by atoms with Crippen LogP contribution in [0.15, 0.2) is 47.3 Å². The summed E-state index contributed by atoms with van der Waals surface area (Å²) in [5.41, 5.74) is 8.77. The number of methoxy groups -OCH3 is 1. The molecule has 1 saturated carbocycles. The zero-order chi connectivity index (χ0) is 26.2. The van der Waals surface area contributed by atoms with Gasteiger partial charge in [-0.05, 0) is 65.9 Å². The lowest BCUT2D eigenvalue weighted by molar-refractivity contribution is -0.173. The van der Waals surface area contributed by atoms with Gasteiger partial charge in [-0.2, -0.15) is 14.7 Å². The second-order valence-electron chi connectivity index (χ2n) is 9.05. The fraction of sp³-hybridized carbons (Fsp3) is 0.360. The van der Waals surface area contributed by atoms with Gasteiger partial charge in [0.15, 0.2) is 11.2 Å². The summed E-state index contributed by atoms with van der Waals surface area (Å²) in [5.74, 6) is -0.880. The second kappa shape index (κ2) is 10.2. The molecule has 10 nitrogen and oxygen atoms in total. The normalized spacial score (nSPS) is 19.9. The average Bonchev–Trinajstić information content (AvgIpc) is 3.55. The molecule has 0 spiro atoms. The van der Waals surface area contributed by atoms with Crippen LogP contribution in [0.1, 0.15) is 37.3 Å².